The number of carboxylic acids is 1. The minimum Gasteiger partial charge on any atom is -0.481 e. The highest BCUT2D eigenvalue weighted by atomic mass is 16.4. The minimum absolute atomic E-state index is 0.174. The summed E-state index contributed by atoms with van der Waals surface area (Å²) in [6.07, 6.45) is 1.19. The van der Waals surface area contributed by atoms with Gasteiger partial charge in [-0.1, -0.05) is 26.0 Å². The number of carboxylic acid groups (broad SMARTS) is 1. The molecule has 92 valence electrons. The second-order valence-electron chi connectivity index (χ2n) is 5.43. The van der Waals surface area contributed by atoms with Crippen LogP contribution in [-0.2, 0) is 16.6 Å². The maximum absolute atomic E-state index is 10.9. The van der Waals surface area contributed by atoms with E-state index in [0.717, 1.165) is 13.0 Å². The Bertz CT molecular complexity index is 452. The highest BCUT2D eigenvalue weighted by molar-refractivity contribution is 5.70. The van der Waals surface area contributed by atoms with Gasteiger partial charge in [0.2, 0.25) is 0 Å². The van der Waals surface area contributed by atoms with Crippen molar-refractivity contribution < 1.29 is 9.90 Å². The van der Waals surface area contributed by atoms with Crippen LogP contribution in [0.4, 0.5) is 5.69 Å². The maximum atomic E-state index is 10.9. The van der Waals surface area contributed by atoms with Crippen LogP contribution in [0.5, 0.6) is 0 Å². The Morgan fingerprint density at radius 1 is 1.47 bits per heavy atom. The molecule has 0 saturated heterocycles. The largest absolute Gasteiger partial charge is 0.481 e. The van der Waals surface area contributed by atoms with Crippen molar-refractivity contribution in [3.05, 3.63) is 29.3 Å². The molecule has 1 aromatic rings. The third-order valence-corrected chi connectivity index (χ3v) is 3.58. The Hall–Kier alpha value is -1.51. The van der Waals surface area contributed by atoms with E-state index in [1.807, 2.05) is 19.9 Å². The lowest BCUT2D eigenvalue weighted by atomic mass is 9.78. The zero-order chi connectivity index (χ0) is 12.6. The van der Waals surface area contributed by atoms with E-state index in [0.29, 0.717) is 0 Å². The second-order valence-corrected chi connectivity index (χ2v) is 5.43. The number of aliphatic carboxylic acids is 1. The van der Waals surface area contributed by atoms with Gasteiger partial charge in [0.25, 0.3) is 0 Å². The molecule has 3 nitrogen and oxygen atoms in total. The molecule has 1 aromatic carbocycles. The van der Waals surface area contributed by atoms with Crippen LogP contribution in [0.1, 0.15) is 31.4 Å². The van der Waals surface area contributed by atoms with Gasteiger partial charge in [-0.3, -0.25) is 4.79 Å². The zero-order valence-corrected chi connectivity index (χ0v) is 10.7. The third kappa shape index (κ3) is 2.14. The molecule has 0 amide bonds. The lowest BCUT2D eigenvalue weighted by Crippen LogP contribution is -2.23. The Morgan fingerprint density at radius 2 is 2.18 bits per heavy atom. The van der Waals surface area contributed by atoms with Crippen molar-refractivity contribution in [2.24, 2.45) is 0 Å². The van der Waals surface area contributed by atoms with Crippen molar-refractivity contribution in [3.63, 3.8) is 0 Å². The van der Waals surface area contributed by atoms with Gasteiger partial charge >= 0.3 is 5.97 Å². The molecular weight excluding hydrogens is 214 g/mol. The van der Waals surface area contributed by atoms with E-state index >= 15 is 0 Å². The Morgan fingerprint density at radius 3 is 2.82 bits per heavy atom. The van der Waals surface area contributed by atoms with E-state index in [9.17, 15) is 4.79 Å². The molecule has 0 atom stereocenters. The van der Waals surface area contributed by atoms with Gasteiger partial charge in [-0.05, 0) is 23.6 Å². The molecule has 0 bridgehead atoms. The van der Waals surface area contributed by atoms with Gasteiger partial charge in [-0.15, -0.1) is 0 Å². The molecule has 1 N–H and O–H groups in total. The molecule has 17 heavy (non-hydrogen) atoms. The maximum Gasteiger partial charge on any atom is 0.304 e. The molecule has 0 radical (unpaired) electrons. The number of anilines is 1. The van der Waals surface area contributed by atoms with Gasteiger partial charge in [0.05, 0.1) is 6.42 Å². The van der Waals surface area contributed by atoms with Gasteiger partial charge in [0.15, 0.2) is 0 Å². The molecular formula is C14H19NO2. The topological polar surface area (TPSA) is 40.5 Å². The summed E-state index contributed by atoms with van der Waals surface area (Å²) < 4.78 is 0. The fraction of sp³-hybridized carbons (Fsp3) is 0.500. The van der Waals surface area contributed by atoms with Crippen LogP contribution in [0.2, 0.25) is 0 Å². The first-order valence-corrected chi connectivity index (χ1v) is 5.97. The lowest BCUT2D eigenvalue weighted by molar-refractivity contribution is -0.138. The standard InChI is InChI=1S/C14H19NO2/c1-14(2,9-13(16)17)11-5-4-6-12-10(11)7-8-15(12)3/h4-6H,7-9H2,1-3H3,(H,16,17). The number of nitrogens with zero attached hydrogens (tertiary/aromatic N) is 1. The molecule has 3 heteroatoms. The van der Waals surface area contributed by atoms with Crippen molar-refractivity contribution in [1.82, 2.24) is 0 Å². The van der Waals surface area contributed by atoms with Crippen molar-refractivity contribution in [2.45, 2.75) is 32.1 Å². The van der Waals surface area contributed by atoms with Gasteiger partial charge in [-0.25, -0.2) is 0 Å². The van der Waals surface area contributed by atoms with E-state index in [4.69, 9.17) is 5.11 Å². The summed E-state index contributed by atoms with van der Waals surface area (Å²) in [6, 6.07) is 6.21. The summed E-state index contributed by atoms with van der Waals surface area (Å²) >= 11 is 0. The van der Waals surface area contributed by atoms with Crippen LogP contribution >= 0.6 is 0 Å². The van der Waals surface area contributed by atoms with E-state index in [1.54, 1.807) is 0 Å². The number of carbonyl (C=O) groups is 1. The van der Waals surface area contributed by atoms with Gasteiger partial charge < -0.3 is 10.0 Å². The van der Waals surface area contributed by atoms with Crippen LogP contribution in [-0.4, -0.2) is 24.7 Å². The summed E-state index contributed by atoms with van der Waals surface area (Å²) in [5.74, 6) is -0.737. The minimum atomic E-state index is -0.737. The molecule has 0 aliphatic carbocycles. The van der Waals surface area contributed by atoms with Crippen LogP contribution in [0, 0.1) is 0 Å². The van der Waals surface area contributed by atoms with Crippen LogP contribution < -0.4 is 4.90 Å². The summed E-state index contributed by atoms with van der Waals surface area (Å²) in [4.78, 5) is 13.2. The van der Waals surface area contributed by atoms with Gasteiger partial charge in [0.1, 0.15) is 0 Å². The van der Waals surface area contributed by atoms with Gasteiger partial charge in [-0.2, -0.15) is 0 Å². The fourth-order valence-electron chi connectivity index (χ4n) is 2.70. The van der Waals surface area contributed by atoms with Crippen LogP contribution in [0.3, 0.4) is 0 Å². The predicted molar refractivity (Wildman–Crippen MR) is 68.7 cm³/mol. The molecule has 0 fully saturated rings. The normalized spacial score (nSPS) is 14.9. The van der Waals surface area contributed by atoms with Gasteiger partial charge in [0, 0.05) is 24.7 Å². The fourth-order valence-corrected chi connectivity index (χ4v) is 2.70. The number of hydrogen-bond acceptors (Lipinski definition) is 2. The van der Waals surface area contributed by atoms with E-state index in [1.165, 1.54) is 16.8 Å². The number of hydrogen-bond donors (Lipinski definition) is 1. The van der Waals surface area contributed by atoms with Crippen LogP contribution in [0.15, 0.2) is 18.2 Å². The Balaban J connectivity index is 2.43. The number of rotatable bonds is 3. The summed E-state index contributed by atoms with van der Waals surface area (Å²) in [7, 11) is 2.08. The molecule has 1 aliphatic rings. The second kappa shape index (κ2) is 4.06. The molecule has 0 spiro atoms. The first-order valence-electron chi connectivity index (χ1n) is 5.97. The molecule has 0 aromatic heterocycles. The molecule has 1 heterocycles. The summed E-state index contributed by atoms with van der Waals surface area (Å²) in [5, 5.41) is 9.00. The highest BCUT2D eigenvalue weighted by Crippen LogP contribution is 2.37. The third-order valence-electron chi connectivity index (χ3n) is 3.58. The van der Waals surface area contributed by atoms with E-state index in [2.05, 4.69) is 24.1 Å². The smallest absolute Gasteiger partial charge is 0.304 e. The summed E-state index contributed by atoms with van der Waals surface area (Å²) in [6.45, 7) is 5.04. The average molecular weight is 233 g/mol. The molecule has 0 saturated carbocycles. The predicted octanol–water partition coefficient (Wildman–Crippen LogP) is 2.43. The van der Waals surface area contributed by atoms with E-state index < -0.39 is 5.97 Å². The molecule has 0 unspecified atom stereocenters. The Labute approximate surface area is 102 Å². The lowest BCUT2D eigenvalue weighted by Gasteiger charge is -2.26. The van der Waals surface area contributed by atoms with E-state index in [-0.39, 0.29) is 11.8 Å². The van der Waals surface area contributed by atoms with Crippen molar-refractivity contribution >= 4 is 11.7 Å². The SMILES string of the molecule is CN1CCc2c1cccc2C(C)(C)CC(=O)O. The van der Waals surface area contributed by atoms with Crippen molar-refractivity contribution in [3.8, 4) is 0 Å². The highest BCUT2D eigenvalue weighted by Gasteiger charge is 2.30. The Kier molecular flexibility index (Phi) is 2.86. The van der Waals surface area contributed by atoms with Crippen molar-refractivity contribution in [2.75, 3.05) is 18.5 Å². The number of benzene rings is 1. The van der Waals surface area contributed by atoms with Crippen LogP contribution in [0.25, 0.3) is 0 Å². The first-order chi connectivity index (χ1) is 7.92. The van der Waals surface area contributed by atoms with Crippen molar-refractivity contribution in [1.29, 1.82) is 0 Å². The monoisotopic (exact) mass is 233 g/mol. The summed E-state index contributed by atoms with van der Waals surface area (Å²) in [5.41, 5.74) is 3.45. The number of fused-ring (bicyclic) bond motifs is 1. The zero-order valence-electron chi connectivity index (χ0n) is 10.7. The average Bonchev–Trinajstić information content (AvgIpc) is 2.58. The quantitative estimate of drug-likeness (QED) is 0.871. The first kappa shape index (κ1) is 12.0. The molecule has 2 rings (SSSR count). The number of likely N-dealkylation sites (N-methyl/N-ethyl adjacent to an activating group) is 1. The molecule has 1 aliphatic heterocycles.